The number of benzene rings is 2. The van der Waals surface area contributed by atoms with E-state index >= 15 is 0 Å². The summed E-state index contributed by atoms with van der Waals surface area (Å²) in [4.78, 5) is 75.9. The number of nitrogens with zero attached hydrogens (tertiary/aromatic N) is 2. The van der Waals surface area contributed by atoms with Crippen molar-refractivity contribution in [2.75, 3.05) is 0 Å². The predicted molar refractivity (Wildman–Crippen MR) is 167 cm³/mol. The van der Waals surface area contributed by atoms with Crippen LogP contribution in [0.3, 0.4) is 0 Å². The van der Waals surface area contributed by atoms with Crippen molar-refractivity contribution in [1.82, 2.24) is 20.4 Å². The van der Waals surface area contributed by atoms with Crippen LogP contribution in [0, 0.1) is 0 Å². The quantitative estimate of drug-likeness (QED) is 0.491. The van der Waals surface area contributed by atoms with Gasteiger partial charge < -0.3 is 10.2 Å². The molecule has 0 bridgehead atoms. The Balaban J connectivity index is 0.000000178. The van der Waals surface area contributed by atoms with Crippen molar-refractivity contribution in [2.45, 2.75) is 96.7 Å². The molecule has 2 aromatic rings. The topological polar surface area (TPSA) is 133 Å². The van der Waals surface area contributed by atoms with Crippen molar-refractivity contribution >= 4 is 35.4 Å². The molecule has 2 atom stereocenters. The predicted octanol–water partition coefficient (Wildman–Crippen LogP) is 4.12. The number of hydrogen-bond acceptors (Lipinski definition) is 6. The molecular formula is C35H40N4O6. The Kier molecular flexibility index (Phi) is 8.06. The van der Waals surface area contributed by atoms with E-state index in [9.17, 15) is 28.8 Å². The molecule has 45 heavy (non-hydrogen) atoms. The summed E-state index contributed by atoms with van der Waals surface area (Å²) in [5.41, 5.74) is 5.06. The standard InChI is InChI=1S/C18H20N2O3.C17H20N2O3/c1-10-5-8-14(15(21)19-10)20-16(22)12-7-6-11(18(2,3)4)9-13(12)17(20)23;1-17(2,3)11-4-5-12-10(8-11)9-19(16(12)22)13-6-7-14(20)18-15(13)21/h6-7,9,14H,1,5,8H2,2-4H3,(H,19,21);4-5,8,13H,6-7,9H2,1-3H3,(H,18,20,21). The minimum Gasteiger partial charge on any atom is -0.329 e. The maximum atomic E-state index is 12.7. The van der Waals surface area contributed by atoms with Crippen LogP contribution >= 0.6 is 0 Å². The van der Waals surface area contributed by atoms with Crippen molar-refractivity contribution in [1.29, 1.82) is 0 Å². The van der Waals surface area contributed by atoms with E-state index in [0.29, 0.717) is 48.2 Å². The van der Waals surface area contributed by atoms with Gasteiger partial charge in [-0.25, -0.2) is 0 Å². The van der Waals surface area contributed by atoms with Gasteiger partial charge in [0.2, 0.25) is 17.7 Å². The van der Waals surface area contributed by atoms with Crippen LogP contribution in [-0.4, -0.2) is 57.3 Å². The summed E-state index contributed by atoms with van der Waals surface area (Å²) >= 11 is 0. The molecule has 2 saturated heterocycles. The third-order valence-electron chi connectivity index (χ3n) is 8.81. The molecule has 4 aliphatic rings. The molecule has 6 amide bonds. The van der Waals surface area contributed by atoms with Gasteiger partial charge in [-0.15, -0.1) is 0 Å². The summed E-state index contributed by atoms with van der Waals surface area (Å²) in [6, 6.07) is 9.91. The Morgan fingerprint density at radius 3 is 1.82 bits per heavy atom. The molecule has 0 radical (unpaired) electrons. The highest BCUT2D eigenvalue weighted by molar-refractivity contribution is 6.23. The molecule has 4 aliphatic heterocycles. The van der Waals surface area contributed by atoms with Gasteiger partial charge in [-0.3, -0.25) is 39.0 Å². The van der Waals surface area contributed by atoms with Crippen molar-refractivity contribution in [3.05, 3.63) is 82.1 Å². The number of carbonyl (C=O) groups is 6. The van der Waals surface area contributed by atoms with Crippen molar-refractivity contribution in [2.24, 2.45) is 0 Å². The minimum absolute atomic E-state index is 0.0140. The fourth-order valence-corrected chi connectivity index (χ4v) is 6.06. The lowest BCUT2D eigenvalue weighted by atomic mass is 9.85. The van der Waals surface area contributed by atoms with Gasteiger partial charge in [0.1, 0.15) is 12.1 Å². The molecule has 2 unspecified atom stereocenters. The Morgan fingerprint density at radius 1 is 0.667 bits per heavy atom. The van der Waals surface area contributed by atoms with E-state index < -0.39 is 18.0 Å². The number of fused-ring (bicyclic) bond motifs is 2. The molecule has 2 N–H and O–H groups in total. The van der Waals surface area contributed by atoms with Crippen molar-refractivity contribution in [3.63, 3.8) is 0 Å². The lowest BCUT2D eigenvalue weighted by Crippen LogP contribution is -2.52. The molecule has 2 fully saturated rings. The Bertz CT molecular complexity index is 1660. The van der Waals surface area contributed by atoms with Gasteiger partial charge >= 0.3 is 0 Å². The lowest BCUT2D eigenvalue weighted by Gasteiger charge is -2.29. The number of nitrogens with one attached hydrogen (secondary N) is 2. The highest BCUT2D eigenvalue weighted by Crippen LogP contribution is 2.33. The first-order valence-corrected chi connectivity index (χ1v) is 15.3. The van der Waals surface area contributed by atoms with Gasteiger partial charge in [-0.05, 0) is 65.0 Å². The maximum absolute atomic E-state index is 12.7. The van der Waals surface area contributed by atoms with E-state index in [4.69, 9.17) is 0 Å². The van der Waals surface area contributed by atoms with Crippen LogP contribution in [0.15, 0.2) is 48.7 Å². The summed E-state index contributed by atoms with van der Waals surface area (Å²) in [6.45, 7) is 16.7. The first kappa shape index (κ1) is 31.8. The molecule has 10 heteroatoms. The average Bonchev–Trinajstić information content (AvgIpc) is 3.40. The smallest absolute Gasteiger partial charge is 0.262 e. The summed E-state index contributed by atoms with van der Waals surface area (Å²) in [6.07, 6.45) is 1.67. The van der Waals surface area contributed by atoms with Crippen LogP contribution < -0.4 is 10.6 Å². The molecule has 236 valence electrons. The van der Waals surface area contributed by atoms with E-state index in [2.05, 4.69) is 44.1 Å². The number of hydrogen-bond donors (Lipinski definition) is 2. The highest BCUT2D eigenvalue weighted by atomic mass is 16.2. The zero-order chi connectivity index (χ0) is 33.0. The SMILES string of the molecule is C=C1CCC(N2C(=O)c3ccc(C(C)(C)C)cc3C2=O)C(=O)N1.CC(C)(C)c1ccc2c(c1)CN(C1CCC(=O)NC1=O)C2=O. The summed E-state index contributed by atoms with van der Waals surface area (Å²) in [5, 5.41) is 4.95. The maximum Gasteiger partial charge on any atom is 0.262 e. The zero-order valence-electron chi connectivity index (χ0n) is 26.7. The fourth-order valence-electron chi connectivity index (χ4n) is 6.06. The number of carbonyl (C=O) groups excluding carboxylic acids is 6. The van der Waals surface area contributed by atoms with Crippen molar-refractivity contribution < 1.29 is 28.8 Å². The van der Waals surface area contributed by atoms with Gasteiger partial charge in [-0.1, -0.05) is 66.3 Å². The van der Waals surface area contributed by atoms with E-state index in [-0.39, 0.29) is 46.8 Å². The summed E-state index contributed by atoms with van der Waals surface area (Å²) < 4.78 is 0. The van der Waals surface area contributed by atoms with Crippen LogP contribution in [0.2, 0.25) is 0 Å². The van der Waals surface area contributed by atoms with Gasteiger partial charge in [-0.2, -0.15) is 0 Å². The van der Waals surface area contributed by atoms with E-state index in [1.54, 1.807) is 17.0 Å². The first-order chi connectivity index (χ1) is 21.0. The van der Waals surface area contributed by atoms with Gasteiger partial charge in [0.25, 0.3) is 17.7 Å². The van der Waals surface area contributed by atoms with E-state index in [1.807, 2.05) is 39.0 Å². The van der Waals surface area contributed by atoms with Crippen LogP contribution in [0.5, 0.6) is 0 Å². The number of amides is 6. The molecule has 0 aliphatic carbocycles. The van der Waals surface area contributed by atoms with Gasteiger partial charge in [0.05, 0.1) is 11.1 Å². The largest absolute Gasteiger partial charge is 0.329 e. The van der Waals surface area contributed by atoms with Crippen LogP contribution in [0.4, 0.5) is 0 Å². The fraction of sp³-hybridized carbons (Fsp3) is 0.429. The molecule has 4 heterocycles. The second-order valence-electron chi connectivity index (χ2n) is 14.2. The molecule has 0 saturated carbocycles. The third-order valence-corrected chi connectivity index (χ3v) is 8.81. The number of rotatable bonds is 2. The summed E-state index contributed by atoms with van der Waals surface area (Å²) in [5.74, 6) is -1.87. The zero-order valence-corrected chi connectivity index (χ0v) is 26.7. The highest BCUT2D eigenvalue weighted by Gasteiger charge is 2.44. The second-order valence-corrected chi connectivity index (χ2v) is 14.2. The van der Waals surface area contributed by atoms with Gasteiger partial charge in [0, 0.05) is 24.2 Å². The molecular weight excluding hydrogens is 572 g/mol. The van der Waals surface area contributed by atoms with Crippen LogP contribution in [-0.2, 0) is 31.8 Å². The molecule has 0 aromatic heterocycles. The van der Waals surface area contributed by atoms with Crippen molar-refractivity contribution in [3.8, 4) is 0 Å². The first-order valence-electron chi connectivity index (χ1n) is 15.3. The summed E-state index contributed by atoms with van der Waals surface area (Å²) in [7, 11) is 0. The Labute approximate surface area is 263 Å². The van der Waals surface area contributed by atoms with Crippen LogP contribution in [0.25, 0.3) is 0 Å². The number of piperidine rings is 2. The Morgan fingerprint density at radius 2 is 1.22 bits per heavy atom. The third kappa shape index (κ3) is 6.06. The lowest BCUT2D eigenvalue weighted by molar-refractivity contribution is -0.137. The number of allylic oxidation sites excluding steroid dienone is 1. The number of imide groups is 2. The van der Waals surface area contributed by atoms with E-state index in [0.717, 1.165) is 16.0 Å². The van der Waals surface area contributed by atoms with E-state index in [1.165, 1.54) is 5.56 Å². The van der Waals surface area contributed by atoms with Gasteiger partial charge in [0.15, 0.2) is 0 Å². The van der Waals surface area contributed by atoms with Crippen LogP contribution in [0.1, 0.15) is 115 Å². The monoisotopic (exact) mass is 612 g/mol. The Hall–Kier alpha value is -4.60. The molecule has 10 nitrogen and oxygen atoms in total. The molecule has 6 rings (SSSR count). The minimum atomic E-state index is -0.758. The molecule has 0 spiro atoms. The average molecular weight is 613 g/mol. The second kappa shape index (κ2) is 11.4. The molecule has 2 aromatic carbocycles. The normalized spacial score (nSPS) is 21.7.